The number of hydrogen-bond donors (Lipinski definition) is 1. The van der Waals surface area contributed by atoms with Crippen LogP contribution >= 0.6 is 0 Å². The second kappa shape index (κ2) is 8.37. The van der Waals surface area contributed by atoms with Crippen molar-refractivity contribution in [3.63, 3.8) is 0 Å². The summed E-state index contributed by atoms with van der Waals surface area (Å²) in [6, 6.07) is 6.71. The van der Waals surface area contributed by atoms with Crippen molar-refractivity contribution < 1.29 is 13.2 Å². The Labute approximate surface area is 154 Å². The fraction of sp³-hybridized carbons (Fsp3) is 0.389. The van der Waals surface area contributed by atoms with Crippen LogP contribution in [-0.2, 0) is 16.6 Å². The number of rotatable bonds is 7. The van der Waals surface area contributed by atoms with Crippen LogP contribution in [0.3, 0.4) is 0 Å². The van der Waals surface area contributed by atoms with Crippen molar-refractivity contribution in [3.05, 3.63) is 53.6 Å². The van der Waals surface area contributed by atoms with E-state index in [1.54, 1.807) is 24.3 Å². The molecule has 0 fully saturated rings. The third kappa shape index (κ3) is 4.86. The number of benzene rings is 1. The van der Waals surface area contributed by atoms with Gasteiger partial charge in [-0.05, 0) is 32.4 Å². The number of nitrogens with one attached hydrogen (secondary N) is 1. The summed E-state index contributed by atoms with van der Waals surface area (Å²) in [5.41, 5.74) is 1.33. The van der Waals surface area contributed by atoms with Gasteiger partial charge in [0.15, 0.2) is 0 Å². The Morgan fingerprint density at radius 3 is 2.31 bits per heavy atom. The molecule has 0 radical (unpaired) electrons. The summed E-state index contributed by atoms with van der Waals surface area (Å²) < 4.78 is 26.4. The summed E-state index contributed by atoms with van der Waals surface area (Å²) in [7, 11) is -2.15. The standard InChI is InChI=1S/C18H24N4O3S/c1-5-14(3)21-18(23)15-10-19-17(20-11-15)12-22(4)26(24,25)16-8-6-13(2)7-9-16/h6-11,14H,5,12H2,1-4H3,(H,21,23). The molecule has 26 heavy (non-hydrogen) atoms. The highest BCUT2D eigenvalue weighted by Crippen LogP contribution is 2.16. The molecule has 1 heterocycles. The van der Waals surface area contributed by atoms with Crippen molar-refractivity contribution in [2.75, 3.05) is 7.05 Å². The summed E-state index contributed by atoms with van der Waals surface area (Å²) in [5, 5.41) is 2.83. The van der Waals surface area contributed by atoms with E-state index in [0.717, 1.165) is 12.0 Å². The maximum absolute atomic E-state index is 12.6. The normalized spacial score (nSPS) is 12.8. The summed E-state index contributed by atoms with van der Waals surface area (Å²) in [6.07, 6.45) is 3.64. The highest BCUT2D eigenvalue weighted by molar-refractivity contribution is 7.89. The van der Waals surface area contributed by atoms with Crippen LogP contribution in [0.5, 0.6) is 0 Å². The Hall–Kier alpha value is -2.32. The van der Waals surface area contributed by atoms with E-state index in [0.29, 0.717) is 11.4 Å². The Bertz CT molecular complexity index is 849. The lowest BCUT2D eigenvalue weighted by Crippen LogP contribution is -2.32. The number of carbonyl (C=O) groups is 1. The summed E-state index contributed by atoms with van der Waals surface area (Å²) in [4.78, 5) is 20.5. The fourth-order valence-electron chi connectivity index (χ4n) is 2.14. The molecule has 1 N–H and O–H groups in total. The molecule has 1 amide bonds. The van der Waals surface area contributed by atoms with Gasteiger partial charge < -0.3 is 5.32 Å². The molecule has 0 saturated carbocycles. The van der Waals surface area contributed by atoms with Crippen LogP contribution in [0.2, 0.25) is 0 Å². The highest BCUT2D eigenvalue weighted by Gasteiger charge is 2.21. The average Bonchev–Trinajstić information content (AvgIpc) is 2.62. The van der Waals surface area contributed by atoms with Gasteiger partial charge in [-0.1, -0.05) is 24.6 Å². The number of aromatic nitrogens is 2. The molecule has 1 atom stereocenters. The van der Waals surface area contributed by atoms with Gasteiger partial charge in [0.25, 0.3) is 5.91 Å². The van der Waals surface area contributed by atoms with E-state index in [4.69, 9.17) is 0 Å². The van der Waals surface area contributed by atoms with Gasteiger partial charge in [0.05, 0.1) is 17.0 Å². The number of amides is 1. The van der Waals surface area contributed by atoms with Gasteiger partial charge in [0.1, 0.15) is 5.82 Å². The third-order valence-corrected chi connectivity index (χ3v) is 5.87. The second-order valence-electron chi connectivity index (χ2n) is 6.24. The van der Waals surface area contributed by atoms with Gasteiger partial charge in [-0.2, -0.15) is 4.31 Å². The molecule has 1 aromatic heterocycles. The zero-order valence-corrected chi connectivity index (χ0v) is 16.2. The first-order valence-electron chi connectivity index (χ1n) is 8.38. The van der Waals surface area contributed by atoms with Gasteiger partial charge in [-0.25, -0.2) is 18.4 Å². The topological polar surface area (TPSA) is 92.3 Å². The third-order valence-electron chi connectivity index (χ3n) is 4.05. The van der Waals surface area contributed by atoms with Crippen LogP contribution in [0.1, 0.15) is 42.0 Å². The lowest BCUT2D eigenvalue weighted by atomic mass is 10.2. The lowest BCUT2D eigenvalue weighted by Gasteiger charge is -2.16. The minimum atomic E-state index is -3.63. The van der Waals surface area contributed by atoms with E-state index in [9.17, 15) is 13.2 Å². The second-order valence-corrected chi connectivity index (χ2v) is 8.29. The molecule has 0 bridgehead atoms. The van der Waals surface area contributed by atoms with Crippen LogP contribution in [0.25, 0.3) is 0 Å². The number of aryl methyl sites for hydroxylation is 1. The zero-order chi connectivity index (χ0) is 19.3. The van der Waals surface area contributed by atoms with Crippen LogP contribution in [0.4, 0.5) is 0 Å². The summed E-state index contributed by atoms with van der Waals surface area (Å²) in [6.45, 7) is 5.81. The molecule has 0 aliphatic heterocycles. The van der Waals surface area contributed by atoms with Crippen molar-refractivity contribution in [2.45, 2.75) is 44.7 Å². The van der Waals surface area contributed by atoms with Crippen LogP contribution < -0.4 is 5.32 Å². The van der Waals surface area contributed by atoms with Crippen molar-refractivity contribution >= 4 is 15.9 Å². The first-order chi connectivity index (χ1) is 12.2. The SMILES string of the molecule is CCC(C)NC(=O)c1cnc(CN(C)S(=O)(=O)c2ccc(C)cc2)nc1. The van der Waals surface area contributed by atoms with Gasteiger partial charge in [0.2, 0.25) is 10.0 Å². The highest BCUT2D eigenvalue weighted by atomic mass is 32.2. The maximum Gasteiger partial charge on any atom is 0.254 e. The molecule has 0 aliphatic carbocycles. The predicted molar refractivity (Wildman–Crippen MR) is 99.1 cm³/mol. The molecule has 0 saturated heterocycles. The molecule has 1 unspecified atom stereocenters. The number of hydrogen-bond acceptors (Lipinski definition) is 5. The smallest absolute Gasteiger partial charge is 0.254 e. The molecule has 2 aromatic rings. The number of sulfonamides is 1. The maximum atomic E-state index is 12.6. The van der Waals surface area contributed by atoms with Gasteiger partial charge in [0, 0.05) is 25.5 Å². The van der Waals surface area contributed by atoms with Crippen molar-refractivity contribution in [3.8, 4) is 0 Å². The first kappa shape index (κ1) is 20.0. The van der Waals surface area contributed by atoms with Crippen LogP contribution in [0.15, 0.2) is 41.6 Å². The molecular formula is C18H24N4O3S. The molecule has 8 heteroatoms. The number of carbonyl (C=O) groups excluding carboxylic acids is 1. The minimum absolute atomic E-state index is 0.0173. The van der Waals surface area contributed by atoms with Gasteiger partial charge in [-0.3, -0.25) is 4.79 Å². The predicted octanol–water partition coefficient (Wildman–Crippen LogP) is 2.13. The van der Waals surface area contributed by atoms with Gasteiger partial charge in [-0.15, -0.1) is 0 Å². The quantitative estimate of drug-likeness (QED) is 0.799. The van der Waals surface area contributed by atoms with E-state index in [-0.39, 0.29) is 23.4 Å². The number of nitrogens with zero attached hydrogens (tertiary/aromatic N) is 3. The van der Waals surface area contributed by atoms with E-state index in [2.05, 4.69) is 15.3 Å². The first-order valence-corrected chi connectivity index (χ1v) is 9.82. The van der Waals surface area contributed by atoms with Gasteiger partial charge >= 0.3 is 0 Å². The van der Waals surface area contributed by atoms with E-state index >= 15 is 0 Å². The molecular weight excluding hydrogens is 352 g/mol. The van der Waals surface area contributed by atoms with Crippen LogP contribution in [-0.4, -0.2) is 41.7 Å². The molecule has 140 valence electrons. The lowest BCUT2D eigenvalue weighted by molar-refractivity contribution is 0.0938. The fourth-order valence-corrected chi connectivity index (χ4v) is 3.26. The molecule has 0 spiro atoms. The Morgan fingerprint density at radius 1 is 1.19 bits per heavy atom. The zero-order valence-electron chi connectivity index (χ0n) is 15.4. The Kier molecular flexibility index (Phi) is 6.44. The summed E-state index contributed by atoms with van der Waals surface area (Å²) >= 11 is 0. The Morgan fingerprint density at radius 2 is 1.77 bits per heavy atom. The van der Waals surface area contributed by atoms with Crippen molar-refractivity contribution in [2.24, 2.45) is 0 Å². The van der Waals surface area contributed by atoms with E-state index in [1.165, 1.54) is 23.7 Å². The molecule has 2 rings (SSSR count). The van der Waals surface area contributed by atoms with E-state index in [1.807, 2.05) is 20.8 Å². The Balaban J connectivity index is 2.08. The van der Waals surface area contributed by atoms with Crippen molar-refractivity contribution in [1.82, 2.24) is 19.6 Å². The van der Waals surface area contributed by atoms with Crippen molar-refractivity contribution in [1.29, 1.82) is 0 Å². The monoisotopic (exact) mass is 376 g/mol. The largest absolute Gasteiger partial charge is 0.350 e. The van der Waals surface area contributed by atoms with Crippen LogP contribution in [0, 0.1) is 6.92 Å². The molecule has 0 aliphatic rings. The molecule has 7 nitrogen and oxygen atoms in total. The minimum Gasteiger partial charge on any atom is -0.350 e. The molecule has 1 aromatic carbocycles. The summed E-state index contributed by atoms with van der Waals surface area (Å²) in [5.74, 6) is 0.0785. The average molecular weight is 376 g/mol. The van der Waals surface area contributed by atoms with E-state index < -0.39 is 10.0 Å².